The summed E-state index contributed by atoms with van der Waals surface area (Å²) in [6.07, 6.45) is 1.98. The first-order chi connectivity index (χ1) is 8.10. The lowest BCUT2D eigenvalue weighted by molar-refractivity contribution is 1.02. The predicted octanol–water partition coefficient (Wildman–Crippen LogP) is 4.27. The molecule has 3 nitrogen and oxygen atoms in total. The fourth-order valence-electron chi connectivity index (χ4n) is 1.52. The van der Waals surface area contributed by atoms with Crippen molar-refractivity contribution >= 4 is 45.5 Å². The number of aromatic nitrogens is 2. The molecule has 0 spiro atoms. The van der Waals surface area contributed by atoms with Crippen molar-refractivity contribution in [3.8, 4) is 0 Å². The Balaban J connectivity index is 2.29. The second kappa shape index (κ2) is 5.25. The molecule has 0 amide bonds. The minimum absolute atomic E-state index is 0.711. The quantitative estimate of drug-likeness (QED) is 0.855. The lowest BCUT2D eigenvalue weighted by Crippen LogP contribution is -1.94. The number of anilines is 2. The van der Waals surface area contributed by atoms with Gasteiger partial charge in [0.1, 0.15) is 0 Å². The van der Waals surface area contributed by atoms with E-state index in [1.165, 1.54) is 11.3 Å². The summed E-state index contributed by atoms with van der Waals surface area (Å²) in [4.78, 5) is 0. The Morgan fingerprint density at radius 1 is 1.29 bits per heavy atom. The van der Waals surface area contributed by atoms with Gasteiger partial charge in [-0.15, -0.1) is 10.2 Å². The fourth-order valence-corrected chi connectivity index (χ4v) is 3.07. The van der Waals surface area contributed by atoms with Gasteiger partial charge in [-0.25, -0.2) is 0 Å². The predicted molar refractivity (Wildman–Crippen MR) is 75.9 cm³/mol. The monoisotopic (exact) mass is 285 g/mol. The second-order valence-electron chi connectivity index (χ2n) is 3.64. The van der Waals surface area contributed by atoms with Crippen LogP contribution in [0.15, 0.2) is 16.5 Å². The molecule has 0 aliphatic carbocycles. The van der Waals surface area contributed by atoms with Crippen LogP contribution in [0.4, 0.5) is 10.8 Å². The van der Waals surface area contributed by atoms with Crippen LogP contribution in [0, 0.1) is 13.8 Å². The first-order valence-electron chi connectivity index (χ1n) is 5.01. The van der Waals surface area contributed by atoms with Gasteiger partial charge >= 0.3 is 0 Å². The first kappa shape index (κ1) is 12.7. The fraction of sp³-hybridized carbons (Fsp3) is 0.273. The normalized spacial score (nSPS) is 10.6. The van der Waals surface area contributed by atoms with Crippen LogP contribution < -0.4 is 5.32 Å². The van der Waals surface area contributed by atoms with Gasteiger partial charge in [0.15, 0.2) is 4.34 Å². The summed E-state index contributed by atoms with van der Waals surface area (Å²) in [5, 5.41) is 12.8. The number of hydrogen-bond acceptors (Lipinski definition) is 5. The molecule has 0 bridgehead atoms. The first-order valence-corrected chi connectivity index (χ1v) is 7.43. The van der Waals surface area contributed by atoms with E-state index in [9.17, 15) is 0 Å². The molecule has 1 aromatic heterocycles. The van der Waals surface area contributed by atoms with Crippen molar-refractivity contribution in [3.05, 3.63) is 28.3 Å². The van der Waals surface area contributed by atoms with Gasteiger partial charge in [-0.3, -0.25) is 0 Å². The Kier molecular flexibility index (Phi) is 3.91. The van der Waals surface area contributed by atoms with Gasteiger partial charge in [0, 0.05) is 0 Å². The van der Waals surface area contributed by atoms with Crippen molar-refractivity contribution in [2.75, 3.05) is 11.6 Å². The van der Waals surface area contributed by atoms with Crippen LogP contribution in [-0.2, 0) is 0 Å². The summed E-state index contributed by atoms with van der Waals surface area (Å²) in [7, 11) is 0. The SMILES string of the molecule is CSc1nnc(Nc2c(C)cc(C)cc2Cl)s1. The third kappa shape index (κ3) is 2.91. The van der Waals surface area contributed by atoms with E-state index >= 15 is 0 Å². The van der Waals surface area contributed by atoms with Crippen molar-refractivity contribution < 1.29 is 0 Å². The molecule has 0 saturated heterocycles. The van der Waals surface area contributed by atoms with Crippen LogP contribution in [-0.4, -0.2) is 16.5 Å². The van der Waals surface area contributed by atoms with Gasteiger partial charge in [0.05, 0.1) is 10.7 Å². The minimum Gasteiger partial charge on any atom is -0.329 e. The molecule has 0 aliphatic heterocycles. The molecular weight excluding hydrogens is 274 g/mol. The van der Waals surface area contributed by atoms with Crippen LogP contribution in [0.25, 0.3) is 0 Å². The zero-order valence-electron chi connectivity index (χ0n) is 9.74. The van der Waals surface area contributed by atoms with E-state index in [2.05, 4.69) is 21.6 Å². The molecule has 0 unspecified atom stereocenters. The number of nitrogens with zero attached hydrogens (tertiary/aromatic N) is 2. The molecule has 0 saturated carbocycles. The smallest absolute Gasteiger partial charge is 0.210 e. The average molecular weight is 286 g/mol. The summed E-state index contributed by atoms with van der Waals surface area (Å²) >= 11 is 9.32. The van der Waals surface area contributed by atoms with Crippen molar-refractivity contribution in [1.29, 1.82) is 0 Å². The van der Waals surface area contributed by atoms with Crippen molar-refractivity contribution in [2.45, 2.75) is 18.2 Å². The van der Waals surface area contributed by atoms with Crippen LogP contribution >= 0.6 is 34.7 Å². The molecule has 1 heterocycles. The Labute approximate surface area is 114 Å². The Morgan fingerprint density at radius 2 is 2.06 bits per heavy atom. The van der Waals surface area contributed by atoms with Gasteiger partial charge in [0.25, 0.3) is 0 Å². The topological polar surface area (TPSA) is 37.8 Å². The summed E-state index contributed by atoms with van der Waals surface area (Å²) in [6, 6.07) is 4.03. The third-order valence-corrected chi connectivity index (χ3v) is 4.36. The number of thioether (sulfide) groups is 1. The van der Waals surface area contributed by atoms with Gasteiger partial charge in [-0.05, 0) is 37.3 Å². The van der Waals surface area contributed by atoms with Crippen LogP contribution in [0.3, 0.4) is 0 Å². The molecule has 2 aromatic rings. The Bertz CT molecular complexity index is 516. The highest BCUT2D eigenvalue weighted by Crippen LogP contribution is 2.32. The van der Waals surface area contributed by atoms with Crippen LogP contribution in [0.2, 0.25) is 5.02 Å². The molecule has 2 rings (SSSR count). The lowest BCUT2D eigenvalue weighted by Gasteiger charge is -2.09. The van der Waals surface area contributed by atoms with E-state index in [1.807, 2.05) is 26.2 Å². The number of nitrogens with one attached hydrogen (secondary N) is 1. The summed E-state index contributed by atoms with van der Waals surface area (Å²) in [5.74, 6) is 0. The highest BCUT2D eigenvalue weighted by Gasteiger charge is 2.09. The van der Waals surface area contributed by atoms with E-state index in [4.69, 9.17) is 11.6 Å². The van der Waals surface area contributed by atoms with Gasteiger partial charge in [0.2, 0.25) is 5.13 Å². The maximum atomic E-state index is 6.21. The van der Waals surface area contributed by atoms with Gasteiger partial charge in [-0.1, -0.05) is 40.8 Å². The Hall–Kier alpha value is -0.780. The highest BCUT2D eigenvalue weighted by molar-refractivity contribution is 8.00. The van der Waals surface area contributed by atoms with Gasteiger partial charge < -0.3 is 5.32 Å². The molecule has 90 valence electrons. The van der Waals surface area contributed by atoms with Crippen molar-refractivity contribution in [3.63, 3.8) is 0 Å². The second-order valence-corrected chi connectivity index (χ2v) is 6.08. The molecule has 1 N–H and O–H groups in total. The highest BCUT2D eigenvalue weighted by atomic mass is 35.5. The largest absolute Gasteiger partial charge is 0.329 e. The molecule has 1 aromatic carbocycles. The molecule has 6 heteroatoms. The van der Waals surface area contributed by atoms with Gasteiger partial charge in [-0.2, -0.15) is 0 Å². The lowest BCUT2D eigenvalue weighted by atomic mass is 10.1. The number of rotatable bonds is 3. The number of benzene rings is 1. The van der Waals surface area contributed by atoms with Crippen LogP contribution in [0.5, 0.6) is 0 Å². The van der Waals surface area contributed by atoms with E-state index in [-0.39, 0.29) is 0 Å². The number of hydrogen-bond donors (Lipinski definition) is 1. The Morgan fingerprint density at radius 3 is 2.65 bits per heavy atom. The van der Waals surface area contributed by atoms with E-state index in [0.29, 0.717) is 5.02 Å². The molecule has 0 fully saturated rings. The molecule has 0 atom stereocenters. The zero-order chi connectivity index (χ0) is 12.4. The number of halogens is 1. The van der Waals surface area contributed by atoms with Crippen molar-refractivity contribution in [1.82, 2.24) is 10.2 Å². The molecule has 17 heavy (non-hydrogen) atoms. The minimum atomic E-state index is 0.711. The standard InChI is InChI=1S/C11H12ClN3S2/c1-6-4-7(2)9(8(12)5-6)13-10-14-15-11(16-3)17-10/h4-5H,1-3H3,(H,13,14). The summed E-state index contributed by atoms with van der Waals surface area (Å²) in [6.45, 7) is 4.05. The third-order valence-electron chi connectivity index (χ3n) is 2.24. The average Bonchev–Trinajstić information content (AvgIpc) is 2.71. The maximum Gasteiger partial charge on any atom is 0.210 e. The summed E-state index contributed by atoms with van der Waals surface area (Å²) in [5.41, 5.74) is 3.16. The molecular formula is C11H12ClN3S2. The van der Waals surface area contributed by atoms with Crippen LogP contribution in [0.1, 0.15) is 11.1 Å². The zero-order valence-corrected chi connectivity index (χ0v) is 12.1. The maximum absolute atomic E-state index is 6.21. The van der Waals surface area contributed by atoms with E-state index in [0.717, 1.165) is 26.3 Å². The van der Waals surface area contributed by atoms with Crippen molar-refractivity contribution in [2.24, 2.45) is 0 Å². The summed E-state index contributed by atoms with van der Waals surface area (Å²) < 4.78 is 0.938. The molecule has 0 aliphatic rings. The van der Waals surface area contributed by atoms with E-state index in [1.54, 1.807) is 11.8 Å². The number of aryl methyl sites for hydroxylation is 2. The van der Waals surface area contributed by atoms with E-state index < -0.39 is 0 Å². The molecule has 0 radical (unpaired) electrons.